The topological polar surface area (TPSA) is 87.7 Å². The average molecular weight is 362 g/mol. The quantitative estimate of drug-likeness (QED) is 0.315. The molecule has 0 spiro atoms. The highest BCUT2D eigenvalue weighted by Crippen LogP contribution is 2.29. The van der Waals surface area contributed by atoms with Crippen molar-refractivity contribution in [3.8, 4) is 11.3 Å². The molecule has 0 saturated heterocycles. The number of rotatable bonds is 8. The third-order valence-corrected chi connectivity index (χ3v) is 3.79. The van der Waals surface area contributed by atoms with E-state index >= 15 is 0 Å². The second-order valence-electron chi connectivity index (χ2n) is 5.72. The summed E-state index contributed by atoms with van der Waals surface area (Å²) in [4.78, 5) is 12.6. The van der Waals surface area contributed by atoms with Crippen LogP contribution in [0.4, 0.5) is 17.1 Å². The van der Waals surface area contributed by atoms with Gasteiger partial charge in [-0.25, -0.2) is 4.99 Å². The van der Waals surface area contributed by atoms with Gasteiger partial charge in [-0.3, -0.25) is 9.98 Å². The molecule has 0 fully saturated rings. The molecule has 6 nitrogen and oxygen atoms in total. The molecule has 0 unspecified atom stereocenters. The zero-order valence-electron chi connectivity index (χ0n) is 14.9. The molecule has 140 valence electrons. The zero-order valence-corrected chi connectivity index (χ0v) is 14.9. The monoisotopic (exact) mass is 362 g/mol. The molecule has 0 aliphatic rings. The first-order chi connectivity index (χ1) is 13.4. The molecule has 0 atom stereocenters. The number of anilines is 3. The van der Waals surface area contributed by atoms with Crippen molar-refractivity contribution in [1.82, 2.24) is 4.98 Å². The predicted molar refractivity (Wildman–Crippen MR) is 118 cm³/mol. The van der Waals surface area contributed by atoms with Crippen molar-refractivity contribution in [1.29, 1.82) is 0 Å². The van der Waals surface area contributed by atoms with Crippen LogP contribution in [0.15, 0.2) is 82.9 Å². The van der Waals surface area contributed by atoms with Gasteiger partial charge in [-0.1, -0.05) is 48.5 Å². The zero-order chi connectivity index (χ0) is 18.7. The SMILES string of the molecule is NC=NC=NCCNc1cc(Nc2ccccc2)cnc1-c1ccccc1.[HH].[HH]. The van der Waals surface area contributed by atoms with Gasteiger partial charge in [0.2, 0.25) is 0 Å². The smallest absolute Gasteiger partial charge is 0.111 e. The first kappa shape index (κ1) is 18.1. The lowest BCUT2D eigenvalue weighted by atomic mass is 10.1. The minimum absolute atomic E-state index is 0. The van der Waals surface area contributed by atoms with E-state index in [-0.39, 0.29) is 2.85 Å². The highest BCUT2D eigenvalue weighted by molar-refractivity contribution is 5.78. The normalized spacial score (nSPS) is 11.1. The molecule has 0 saturated carbocycles. The van der Waals surface area contributed by atoms with Crippen LogP contribution in [-0.2, 0) is 0 Å². The van der Waals surface area contributed by atoms with E-state index in [4.69, 9.17) is 5.73 Å². The second-order valence-corrected chi connectivity index (χ2v) is 5.72. The van der Waals surface area contributed by atoms with Crippen molar-refractivity contribution in [2.75, 3.05) is 23.7 Å². The van der Waals surface area contributed by atoms with Crippen molar-refractivity contribution in [2.45, 2.75) is 0 Å². The van der Waals surface area contributed by atoms with Gasteiger partial charge >= 0.3 is 0 Å². The number of hydrogen-bond donors (Lipinski definition) is 3. The van der Waals surface area contributed by atoms with Crippen LogP contribution in [-0.4, -0.2) is 30.8 Å². The first-order valence-corrected chi connectivity index (χ1v) is 8.70. The molecule has 1 heterocycles. The fourth-order valence-electron chi connectivity index (χ4n) is 2.58. The van der Waals surface area contributed by atoms with Crippen molar-refractivity contribution < 1.29 is 2.85 Å². The van der Waals surface area contributed by atoms with Crippen molar-refractivity contribution >= 4 is 29.7 Å². The van der Waals surface area contributed by atoms with E-state index in [0.29, 0.717) is 13.1 Å². The van der Waals surface area contributed by atoms with E-state index in [1.807, 2.05) is 66.9 Å². The predicted octanol–water partition coefficient (Wildman–Crippen LogP) is 4.41. The summed E-state index contributed by atoms with van der Waals surface area (Å²) in [5, 5.41) is 6.79. The van der Waals surface area contributed by atoms with Gasteiger partial charge in [0.25, 0.3) is 0 Å². The summed E-state index contributed by atoms with van der Waals surface area (Å²) in [5.74, 6) is 0. The van der Waals surface area contributed by atoms with Crippen LogP contribution in [0.1, 0.15) is 2.85 Å². The number of nitrogens with one attached hydrogen (secondary N) is 2. The number of nitrogens with zero attached hydrogens (tertiary/aromatic N) is 3. The molecule has 1 aromatic heterocycles. The van der Waals surface area contributed by atoms with Crippen LogP contribution in [0.2, 0.25) is 0 Å². The van der Waals surface area contributed by atoms with E-state index in [1.165, 1.54) is 12.7 Å². The number of para-hydroxylation sites is 1. The minimum Gasteiger partial charge on any atom is -0.390 e. The molecule has 6 heteroatoms. The molecular weight excluding hydrogens is 336 g/mol. The summed E-state index contributed by atoms with van der Waals surface area (Å²) in [6, 6.07) is 22.2. The van der Waals surface area contributed by atoms with Crippen LogP contribution >= 0.6 is 0 Å². The molecule has 2 aromatic carbocycles. The van der Waals surface area contributed by atoms with E-state index in [1.54, 1.807) is 0 Å². The Morgan fingerprint density at radius 1 is 1.00 bits per heavy atom. The van der Waals surface area contributed by atoms with E-state index in [2.05, 4.69) is 31.7 Å². The van der Waals surface area contributed by atoms with Gasteiger partial charge < -0.3 is 16.4 Å². The summed E-state index contributed by atoms with van der Waals surface area (Å²) in [5.41, 5.74) is 10.0. The largest absolute Gasteiger partial charge is 0.390 e. The van der Waals surface area contributed by atoms with Crippen LogP contribution in [0.5, 0.6) is 0 Å². The maximum absolute atomic E-state index is 5.18. The van der Waals surface area contributed by atoms with Gasteiger partial charge in [-0.15, -0.1) is 0 Å². The Labute approximate surface area is 161 Å². The Kier molecular flexibility index (Phi) is 6.53. The third kappa shape index (κ3) is 5.40. The fourth-order valence-corrected chi connectivity index (χ4v) is 2.58. The van der Waals surface area contributed by atoms with E-state index in [0.717, 1.165) is 28.3 Å². The molecule has 0 radical (unpaired) electrons. The average Bonchev–Trinajstić information content (AvgIpc) is 2.72. The van der Waals surface area contributed by atoms with Gasteiger partial charge in [0.05, 0.1) is 36.1 Å². The summed E-state index contributed by atoms with van der Waals surface area (Å²) >= 11 is 0. The Hall–Kier alpha value is -3.67. The number of nitrogens with two attached hydrogens (primary N) is 1. The lowest BCUT2D eigenvalue weighted by Crippen LogP contribution is -2.07. The standard InChI is InChI=1S/C21H22N6.2H2/c22-15-24-16-23-11-12-25-20-13-19(27-18-9-5-2-6-10-18)14-26-21(20)17-7-3-1-4-8-17;;/h1-10,13-16,25,27H,11-12H2,(H2,22,23,24);2*1H. The molecule has 3 aromatic rings. The second kappa shape index (κ2) is 9.72. The molecule has 0 aliphatic heterocycles. The number of benzene rings is 2. The van der Waals surface area contributed by atoms with Gasteiger partial charge in [0.1, 0.15) is 6.34 Å². The lowest BCUT2D eigenvalue weighted by molar-refractivity contribution is 1.02. The van der Waals surface area contributed by atoms with Crippen molar-refractivity contribution in [3.05, 3.63) is 72.9 Å². The Morgan fingerprint density at radius 2 is 1.74 bits per heavy atom. The lowest BCUT2D eigenvalue weighted by Gasteiger charge is -2.14. The van der Waals surface area contributed by atoms with Gasteiger partial charge in [0, 0.05) is 20.6 Å². The molecule has 27 heavy (non-hydrogen) atoms. The fraction of sp³-hybridized carbons (Fsp3) is 0.0952. The van der Waals surface area contributed by atoms with Gasteiger partial charge in [-0.2, -0.15) is 0 Å². The maximum atomic E-state index is 5.18. The summed E-state index contributed by atoms with van der Waals surface area (Å²) < 4.78 is 0. The van der Waals surface area contributed by atoms with Gasteiger partial charge in [-0.05, 0) is 18.2 Å². The maximum Gasteiger partial charge on any atom is 0.111 e. The Morgan fingerprint density at radius 3 is 2.48 bits per heavy atom. The van der Waals surface area contributed by atoms with Crippen LogP contribution in [0.25, 0.3) is 11.3 Å². The summed E-state index contributed by atoms with van der Waals surface area (Å²) in [6.07, 6.45) is 4.51. The van der Waals surface area contributed by atoms with E-state index < -0.39 is 0 Å². The van der Waals surface area contributed by atoms with Crippen LogP contribution in [0.3, 0.4) is 0 Å². The first-order valence-electron chi connectivity index (χ1n) is 8.70. The third-order valence-electron chi connectivity index (χ3n) is 3.79. The highest BCUT2D eigenvalue weighted by Gasteiger charge is 2.08. The van der Waals surface area contributed by atoms with Crippen LogP contribution < -0.4 is 16.4 Å². The number of aliphatic imine (C=N–C) groups is 2. The number of hydrogen-bond acceptors (Lipinski definition) is 4. The number of aromatic nitrogens is 1. The Bertz CT molecular complexity index is 902. The molecule has 0 amide bonds. The minimum atomic E-state index is 0. The molecule has 3 rings (SSSR count). The molecule has 0 bridgehead atoms. The van der Waals surface area contributed by atoms with Crippen LogP contribution in [0, 0.1) is 0 Å². The van der Waals surface area contributed by atoms with Gasteiger partial charge in [0.15, 0.2) is 0 Å². The molecular formula is C21H26N6. The van der Waals surface area contributed by atoms with Crippen molar-refractivity contribution in [2.24, 2.45) is 15.7 Å². The van der Waals surface area contributed by atoms with E-state index in [9.17, 15) is 0 Å². The summed E-state index contributed by atoms with van der Waals surface area (Å²) in [6.45, 7) is 1.24. The summed E-state index contributed by atoms with van der Waals surface area (Å²) in [7, 11) is 0. The molecule has 4 N–H and O–H groups in total. The molecule has 0 aliphatic carbocycles. The Balaban J connectivity index is 0.00000210. The number of pyridine rings is 1. The highest BCUT2D eigenvalue weighted by atomic mass is 15.0. The van der Waals surface area contributed by atoms with Crippen molar-refractivity contribution in [3.63, 3.8) is 0 Å².